The van der Waals surface area contributed by atoms with Crippen molar-refractivity contribution in [3.05, 3.63) is 81.8 Å². The number of fused-ring (bicyclic) bond motifs is 1. The van der Waals surface area contributed by atoms with Gasteiger partial charge >= 0.3 is 0 Å². The van der Waals surface area contributed by atoms with Crippen molar-refractivity contribution in [1.82, 2.24) is 19.3 Å². The number of carbonyl (C=O) groups is 1. The Labute approximate surface area is 192 Å². The van der Waals surface area contributed by atoms with Crippen LogP contribution < -0.4 is 10.9 Å². The van der Waals surface area contributed by atoms with Gasteiger partial charge in [-0.05, 0) is 43.7 Å². The molecule has 10 heteroatoms. The number of hydrogen-bond donors (Lipinski definition) is 1. The van der Waals surface area contributed by atoms with E-state index in [0.29, 0.717) is 34.0 Å². The highest BCUT2D eigenvalue weighted by atomic mass is 32.2. The first-order chi connectivity index (χ1) is 15.9. The number of anilines is 1. The smallest absolute Gasteiger partial charge is 0.280 e. The second-order valence-electron chi connectivity index (χ2n) is 7.33. The van der Waals surface area contributed by atoms with Gasteiger partial charge in [0.05, 0.1) is 23.7 Å². The summed E-state index contributed by atoms with van der Waals surface area (Å²) in [4.78, 5) is 30.5. The third kappa shape index (κ3) is 4.80. The van der Waals surface area contributed by atoms with Crippen molar-refractivity contribution in [2.45, 2.75) is 32.1 Å². The maximum Gasteiger partial charge on any atom is 0.280 e. The molecule has 170 valence electrons. The van der Waals surface area contributed by atoms with E-state index in [0.717, 1.165) is 11.8 Å². The van der Waals surface area contributed by atoms with E-state index in [9.17, 15) is 18.4 Å². The van der Waals surface area contributed by atoms with E-state index in [1.807, 2.05) is 6.92 Å². The van der Waals surface area contributed by atoms with Gasteiger partial charge in [0, 0.05) is 6.54 Å². The van der Waals surface area contributed by atoms with E-state index >= 15 is 0 Å². The molecule has 0 aliphatic rings. The molecule has 2 heterocycles. The minimum Gasteiger partial charge on any atom is -0.323 e. The van der Waals surface area contributed by atoms with Crippen molar-refractivity contribution in [2.75, 3.05) is 11.1 Å². The molecule has 2 aromatic heterocycles. The molecular weight excluding hydrogens is 448 g/mol. The van der Waals surface area contributed by atoms with Crippen LogP contribution in [0.1, 0.15) is 18.2 Å². The number of aromatic nitrogens is 4. The largest absolute Gasteiger partial charge is 0.323 e. The van der Waals surface area contributed by atoms with Crippen LogP contribution in [0.2, 0.25) is 0 Å². The summed E-state index contributed by atoms with van der Waals surface area (Å²) in [7, 11) is 0. The number of carbonyl (C=O) groups excluding carboxylic acids is 1. The Bertz CT molecular complexity index is 1380. The minimum absolute atomic E-state index is 0.0790. The maximum atomic E-state index is 13.8. The number of para-hydroxylation sites is 1. The fourth-order valence-corrected chi connectivity index (χ4v) is 4.21. The van der Waals surface area contributed by atoms with Crippen molar-refractivity contribution < 1.29 is 13.6 Å². The molecule has 0 spiro atoms. The monoisotopic (exact) mass is 469 g/mol. The number of benzene rings is 2. The molecule has 1 N–H and O–H groups in total. The second kappa shape index (κ2) is 9.53. The molecule has 0 aliphatic heterocycles. The quantitative estimate of drug-likeness (QED) is 0.327. The summed E-state index contributed by atoms with van der Waals surface area (Å²) >= 11 is 1.06. The first-order valence-electron chi connectivity index (χ1n) is 10.3. The zero-order valence-electron chi connectivity index (χ0n) is 18.0. The van der Waals surface area contributed by atoms with Gasteiger partial charge in [-0.2, -0.15) is 5.10 Å². The van der Waals surface area contributed by atoms with E-state index in [1.54, 1.807) is 29.8 Å². The Morgan fingerprint density at radius 1 is 1.12 bits per heavy atom. The first kappa shape index (κ1) is 22.7. The minimum atomic E-state index is -0.536. The number of nitrogens with one attached hydrogen (secondary N) is 1. The van der Waals surface area contributed by atoms with Crippen molar-refractivity contribution in [3.8, 4) is 0 Å². The lowest BCUT2D eigenvalue weighted by atomic mass is 10.2. The molecule has 0 saturated heterocycles. The Kier molecular flexibility index (Phi) is 6.55. The molecule has 33 heavy (non-hydrogen) atoms. The molecule has 0 aliphatic carbocycles. The fourth-order valence-electron chi connectivity index (χ4n) is 3.42. The summed E-state index contributed by atoms with van der Waals surface area (Å²) < 4.78 is 30.2. The second-order valence-corrected chi connectivity index (χ2v) is 8.27. The van der Waals surface area contributed by atoms with Gasteiger partial charge in [0.2, 0.25) is 5.91 Å². The van der Waals surface area contributed by atoms with Gasteiger partial charge in [-0.3, -0.25) is 18.8 Å². The van der Waals surface area contributed by atoms with Crippen molar-refractivity contribution in [2.24, 2.45) is 0 Å². The van der Waals surface area contributed by atoms with Crippen LogP contribution in [0.15, 0.2) is 58.5 Å². The van der Waals surface area contributed by atoms with Gasteiger partial charge < -0.3 is 5.32 Å². The van der Waals surface area contributed by atoms with Crippen molar-refractivity contribution in [3.63, 3.8) is 0 Å². The number of halogens is 2. The average molecular weight is 470 g/mol. The number of hydrogen-bond acceptors (Lipinski definition) is 5. The lowest BCUT2D eigenvalue weighted by Crippen LogP contribution is -2.26. The molecule has 2 aromatic carbocycles. The normalized spacial score (nSPS) is 11.2. The predicted molar refractivity (Wildman–Crippen MR) is 123 cm³/mol. The third-order valence-electron chi connectivity index (χ3n) is 5.02. The molecule has 0 atom stereocenters. The Morgan fingerprint density at radius 3 is 2.55 bits per heavy atom. The number of nitrogens with zero attached hydrogens (tertiary/aromatic N) is 4. The molecule has 0 unspecified atom stereocenters. The van der Waals surface area contributed by atoms with Crippen LogP contribution in [0.4, 0.5) is 14.5 Å². The number of aryl methyl sites for hydroxylation is 2. The Morgan fingerprint density at radius 2 is 1.85 bits per heavy atom. The zero-order chi connectivity index (χ0) is 23.5. The molecule has 4 rings (SSSR count). The first-order valence-corrected chi connectivity index (χ1v) is 11.3. The summed E-state index contributed by atoms with van der Waals surface area (Å²) in [5.74, 6) is -1.44. The van der Waals surface area contributed by atoms with Crippen LogP contribution in [0.5, 0.6) is 0 Å². The lowest BCUT2D eigenvalue weighted by molar-refractivity contribution is -0.113. The SMILES string of the molecule is CCn1nc(C)c2nc(SCC(=O)Nc3ccccc3F)n(Cc3ccc(F)cc3)c(=O)c21. The molecular formula is C23H21F2N5O2S. The third-order valence-corrected chi connectivity index (χ3v) is 5.99. The summed E-state index contributed by atoms with van der Waals surface area (Å²) in [6.45, 7) is 4.29. The summed E-state index contributed by atoms with van der Waals surface area (Å²) in [6.07, 6.45) is 0. The van der Waals surface area contributed by atoms with Crippen LogP contribution in [-0.4, -0.2) is 31.0 Å². The summed E-state index contributed by atoms with van der Waals surface area (Å²) in [5, 5.41) is 7.23. The Hall–Kier alpha value is -3.53. The van der Waals surface area contributed by atoms with Gasteiger partial charge in [0.25, 0.3) is 5.56 Å². The highest BCUT2D eigenvalue weighted by Crippen LogP contribution is 2.22. The topological polar surface area (TPSA) is 81.8 Å². The van der Waals surface area contributed by atoms with E-state index < -0.39 is 11.7 Å². The van der Waals surface area contributed by atoms with Gasteiger partial charge in [0.1, 0.15) is 17.2 Å². The van der Waals surface area contributed by atoms with E-state index in [1.165, 1.54) is 34.9 Å². The number of rotatable bonds is 7. The molecule has 0 saturated carbocycles. The van der Waals surface area contributed by atoms with Crippen molar-refractivity contribution in [1.29, 1.82) is 0 Å². The molecule has 0 bridgehead atoms. The van der Waals surface area contributed by atoms with Crippen LogP contribution in [0.25, 0.3) is 11.0 Å². The molecule has 0 radical (unpaired) electrons. The maximum absolute atomic E-state index is 13.8. The van der Waals surface area contributed by atoms with Crippen LogP contribution >= 0.6 is 11.8 Å². The molecule has 7 nitrogen and oxygen atoms in total. The lowest BCUT2D eigenvalue weighted by Gasteiger charge is -2.13. The average Bonchev–Trinajstić information content (AvgIpc) is 3.13. The predicted octanol–water partition coefficient (Wildman–Crippen LogP) is 3.98. The van der Waals surface area contributed by atoms with E-state index in [4.69, 9.17) is 0 Å². The van der Waals surface area contributed by atoms with Crippen LogP contribution in [0.3, 0.4) is 0 Å². The van der Waals surface area contributed by atoms with Gasteiger partial charge in [-0.1, -0.05) is 36.0 Å². The van der Waals surface area contributed by atoms with Crippen LogP contribution in [-0.2, 0) is 17.9 Å². The summed E-state index contributed by atoms with van der Waals surface area (Å²) in [5.41, 5.74) is 1.93. The van der Waals surface area contributed by atoms with Crippen molar-refractivity contribution >= 4 is 34.4 Å². The summed E-state index contributed by atoms with van der Waals surface area (Å²) in [6, 6.07) is 11.7. The number of amides is 1. The van der Waals surface area contributed by atoms with Gasteiger partial charge in [-0.25, -0.2) is 13.8 Å². The highest BCUT2D eigenvalue weighted by molar-refractivity contribution is 7.99. The molecule has 4 aromatic rings. The highest BCUT2D eigenvalue weighted by Gasteiger charge is 2.19. The zero-order valence-corrected chi connectivity index (χ0v) is 18.8. The molecule has 0 fully saturated rings. The Balaban J connectivity index is 1.68. The van der Waals surface area contributed by atoms with Gasteiger partial charge in [-0.15, -0.1) is 0 Å². The fraction of sp³-hybridized carbons (Fsp3) is 0.217. The van der Waals surface area contributed by atoms with E-state index in [-0.39, 0.29) is 29.4 Å². The van der Waals surface area contributed by atoms with E-state index in [2.05, 4.69) is 15.4 Å². The van der Waals surface area contributed by atoms with Gasteiger partial charge in [0.15, 0.2) is 10.7 Å². The molecule has 1 amide bonds. The standard InChI is InChI=1S/C23H21F2N5O2S/c1-3-30-21-20(14(2)28-30)27-23(29(22(21)32)12-15-8-10-16(24)11-9-15)33-13-19(31)26-18-7-5-4-6-17(18)25/h4-11H,3,12-13H2,1-2H3,(H,26,31). The number of thioether (sulfide) groups is 1. The van der Waals surface area contributed by atoms with Crippen LogP contribution in [0, 0.1) is 18.6 Å².